The first-order chi connectivity index (χ1) is 10.6. The molecule has 9 nitrogen and oxygen atoms in total. The Morgan fingerprint density at radius 3 is 3.18 bits per heavy atom. The van der Waals surface area contributed by atoms with E-state index in [2.05, 4.69) is 9.85 Å². The lowest BCUT2D eigenvalue weighted by molar-refractivity contribution is -0.581. The van der Waals surface area contributed by atoms with Crippen molar-refractivity contribution in [2.75, 3.05) is 26.6 Å². The van der Waals surface area contributed by atoms with Gasteiger partial charge in [-0.2, -0.15) is 0 Å². The highest BCUT2D eigenvalue weighted by Gasteiger charge is 2.30. The minimum absolute atomic E-state index is 0.0257. The van der Waals surface area contributed by atoms with Crippen molar-refractivity contribution >= 4 is 11.9 Å². The van der Waals surface area contributed by atoms with Crippen molar-refractivity contribution in [3.05, 3.63) is 17.6 Å². The first-order valence-electron chi connectivity index (χ1n) is 6.69. The number of fused-ring (bicyclic) bond motifs is 2. The lowest BCUT2D eigenvalue weighted by atomic mass is 10.3. The van der Waals surface area contributed by atoms with Gasteiger partial charge in [-0.3, -0.25) is 4.79 Å². The van der Waals surface area contributed by atoms with Gasteiger partial charge in [-0.1, -0.05) is 10.1 Å². The number of rotatable bonds is 3. The van der Waals surface area contributed by atoms with E-state index >= 15 is 0 Å². The molecule has 2 aliphatic heterocycles. The van der Waals surface area contributed by atoms with Crippen LogP contribution < -0.4 is 24.7 Å². The Hall–Kier alpha value is -2.55. The summed E-state index contributed by atoms with van der Waals surface area (Å²) in [7, 11) is 0. The number of morpholine rings is 1. The fraction of sp³-hybridized carbons (Fsp3) is 0.462. The summed E-state index contributed by atoms with van der Waals surface area (Å²) in [5.74, 6) is -1.57. The summed E-state index contributed by atoms with van der Waals surface area (Å²) >= 11 is 0. The highest BCUT2D eigenvalue weighted by atomic mass is 16.7. The van der Waals surface area contributed by atoms with Crippen LogP contribution in [0.15, 0.2) is 17.4 Å². The second-order valence-corrected chi connectivity index (χ2v) is 4.77. The summed E-state index contributed by atoms with van der Waals surface area (Å²) in [6, 6.07) is 1.24. The average molecular weight is 308 g/mol. The van der Waals surface area contributed by atoms with Crippen LogP contribution in [0.2, 0.25) is 0 Å². The second kappa shape index (κ2) is 5.68. The first-order valence-corrected chi connectivity index (χ1v) is 6.69. The molecule has 1 aromatic heterocycles. The molecule has 0 amide bonds. The summed E-state index contributed by atoms with van der Waals surface area (Å²) in [4.78, 5) is 12.3. The van der Waals surface area contributed by atoms with Crippen LogP contribution in [0.3, 0.4) is 0 Å². The van der Waals surface area contributed by atoms with Crippen LogP contribution in [-0.4, -0.2) is 43.6 Å². The average Bonchev–Trinajstić information content (AvgIpc) is 2.49. The fourth-order valence-electron chi connectivity index (χ4n) is 2.31. The van der Waals surface area contributed by atoms with Gasteiger partial charge in [-0.05, 0) is 5.11 Å². The molecule has 0 spiro atoms. The van der Waals surface area contributed by atoms with E-state index in [1.807, 2.05) is 0 Å². The fourth-order valence-corrected chi connectivity index (χ4v) is 2.31. The molecule has 3 rings (SSSR count). The van der Waals surface area contributed by atoms with Gasteiger partial charge in [0.2, 0.25) is 19.2 Å². The molecule has 0 aliphatic carbocycles. The molecule has 1 aromatic rings. The maximum Gasteiger partial charge on any atom is 0.305 e. The van der Waals surface area contributed by atoms with Crippen molar-refractivity contribution in [1.82, 2.24) is 4.90 Å². The molecule has 0 N–H and O–H groups in total. The summed E-state index contributed by atoms with van der Waals surface area (Å²) < 4.78 is 16.4. The van der Waals surface area contributed by atoms with Crippen LogP contribution in [0.25, 0.3) is 5.88 Å². The monoisotopic (exact) mass is 308 g/mol. The number of pyridine rings is 1. The van der Waals surface area contributed by atoms with Crippen LogP contribution in [0.1, 0.15) is 6.92 Å². The SMILES string of the molecule is CC(=O)OCOc1c([O-])cc[n+]2c1=C([O-])N1CCOCC1N=2. The largest absolute Gasteiger partial charge is 0.870 e. The maximum atomic E-state index is 12.6. The van der Waals surface area contributed by atoms with Crippen molar-refractivity contribution < 1.29 is 33.6 Å². The van der Waals surface area contributed by atoms with Crippen LogP contribution >= 0.6 is 0 Å². The Morgan fingerprint density at radius 2 is 2.41 bits per heavy atom. The molecule has 118 valence electrons. The molecule has 0 saturated carbocycles. The van der Waals surface area contributed by atoms with Crippen molar-refractivity contribution in [3.63, 3.8) is 0 Å². The number of ether oxygens (including phenoxy) is 3. The van der Waals surface area contributed by atoms with E-state index in [0.29, 0.717) is 19.8 Å². The van der Waals surface area contributed by atoms with Gasteiger partial charge in [0.05, 0.1) is 13.2 Å². The van der Waals surface area contributed by atoms with E-state index in [4.69, 9.17) is 9.47 Å². The highest BCUT2D eigenvalue weighted by Crippen LogP contribution is 2.19. The summed E-state index contributed by atoms with van der Waals surface area (Å²) in [6.45, 7) is 1.88. The van der Waals surface area contributed by atoms with Crippen LogP contribution in [0.5, 0.6) is 11.5 Å². The molecule has 2 aliphatic rings. The zero-order chi connectivity index (χ0) is 15.7. The number of esters is 1. The molecular formula is C13H14N3O6-. The summed E-state index contributed by atoms with van der Waals surface area (Å²) in [6.07, 6.45) is 0.984. The van der Waals surface area contributed by atoms with Gasteiger partial charge in [0.15, 0.2) is 5.75 Å². The lowest BCUT2D eigenvalue weighted by Gasteiger charge is -2.37. The number of hydrogen-bond donors (Lipinski definition) is 0. The third-order valence-corrected chi connectivity index (χ3v) is 3.32. The van der Waals surface area contributed by atoms with Crippen LogP contribution in [-0.2, 0) is 14.3 Å². The number of aromatic nitrogens is 1. The highest BCUT2D eigenvalue weighted by molar-refractivity contribution is 5.65. The van der Waals surface area contributed by atoms with Crippen molar-refractivity contribution in [2.45, 2.75) is 13.1 Å². The number of carbonyl (C=O) groups is 1. The molecule has 1 fully saturated rings. The minimum Gasteiger partial charge on any atom is -0.870 e. The first kappa shape index (κ1) is 14.4. The van der Waals surface area contributed by atoms with Gasteiger partial charge in [0.25, 0.3) is 5.35 Å². The summed E-state index contributed by atoms with van der Waals surface area (Å²) in [5.41, 5.74) is 0. The Balaban J connectivity index is 2.05. The Morgan fingerprint density at radius 1 is 1.59 bits per heavy atom. The predicted molar refractivity (Wildman–Crippen MR) is 65.5 cm³/mol. The summed E-state index contributed by atoms with van der Waals surface area (Å²) in [5, 5.41) is 28.9. The topological polar surface area (TPSA) is 112 Å². The Kier molecular flexibility index (Phi) is 3.72. The van der Waals surface area contributed by atoms with Crippen LogP contribution in [0, 0.1) is 0 Å². The molecule has 1 atom stereocenters. The quantitative estimate of drug-likeness (QED) is 0.334. The third kappa shape index (κ3) is 2.50. The molecule has 1 unspecified atom stereocenters. The predicted octanol–water partition coefficient (Wildman–Crippen LogP) is -2.92. The molecular weight excluding hydrogens is 294 g/mol. The molecule has 22 heavy (non-hydrogen) atoms. The van der Waals surface area contributed by atoms with Crippen molar-refractivity contribution in [2.24, 2.45) is 5.11 Å². The van der Waals surface area contributed by atoms with E-state index in [1.54, 1.807) is 0 Å². The van der Waals surface area contributed by atoms with E-state index < -0.39 is 24.7 Å². The van der Waals surface area contributed by atoms with Gasteiger partial charge in [0, 0.05) is 25.4 Å². The van der Waals surface area contributed by atoms with Crippen LogP contribution in [0.4, 0.5) is 0 Å². The van der Waals surface area contributed by atoms with E-state index in [-0.39, 0.29) is 17.0 Å². The normalized spacial score (nSPS) is 19.8. The van der Waals surface area contributed by atoms with Crippen molar-refractivity contribution in [1.29, 1.82) is 0 Å². The van der Waals surface area contributed by atoms with Gasteiger partial charge in [0.1, 0.15) is 0 Å². The van der Waals surface area contributed by atoms with E-state index in [0.717, 1.165) is 0 Å². The molecule has 0 aromatic carbocycles. The second-order valence-electron chi connectivity index (χ2n) is 4.77. The molecule has 0 radical (unpaired) electrons. The Bertz CT molecular complexity index is 719. The zero-order valence-corrected chi connectivity index (χ0v) is 11.9. The zero-order valence-electron chi connectivity index (χ0n) is 11.9. The van der Waals surface area contributed by atoms with E-state index in [1.165, 1.54) is 28.5 Å². The maximum absolute atomic E-state index is 12.6. The lowest BCUT2D eigenvalue weighted by Crippen LogP contribution is -2.58. The van der Waals surface area contributed by atoms with E-state index in [9.17, 15) is 15.0 Å². The van der Waals surface area contributed by atoms with Gasteiger partial charge in [-0.25, -0.2) is 0 Å². The number of carbonyl (C=O) groups excluding carboxylic acids is 1. The number of nitrogens with zero attached hydrogens (tertiary/aromatic N) is 3. The molecule has 1 saturated heterocycles. The number of hydrogen-bond acceptors (Lipinski definition) is 8. The molecule has 3 heterocycles. The van der Waals surface area contributed by atoms with Gasteiger partial charge >= 0.3 is 5.97 Å². The third-order valence-electron chi connectivity index (χ3n) is 3.32. The van der Waals surface area contributed by atoms with Crippen molar-refractivity contribution in [3.8, 4) is 11.5 Å². The molecule has 9 heteroatoms. The van der Waals surface area contributed by atoms with Gasteiger partial charge < -0.3 is 29.3 Å². The molecule has 0 bridgehead atoms. The Labute approximate surface area is 125 Å². The minimum atomic E-state index is -0.547. The van der Waals surface area contributed by atoms with Gasteiger partial charge in [-0.15, -0.1) is 0 Å². The smallest absolute Gasteiger partial charge is 0.305 e. The standard InChI is InChI=1S/C13H14N3O6/c1-8(17)21-7-22-12-9(18)2-3-16-11(12)13(19)15-4-5-20-6-10(15)14-16/h2-3,10H,4-7H2,1H3/q-1.